The van der Waals surface area contributed by atoms with Gasteiger partial charge in [-0.05, 0) is 99.2 Å². The highest BCUT2D eigenvalue weighted by Crippen LogP contribution is 2.43. The number of anilines is 1. The van der Waals surface area contributed by atoms with Gasteiger partial charge in [-0.1, -0.05) is 41.9 Å². The summed E-state index contributed by atoms with van der Waals surface area (Å²) in [4.78, 5) is 13.9. The summed E-state index contributed by atoms with van der Waals surface area (Å²) < 4.78 is 26.5. The third kappa shape index (κ3) is 8.27. The molecule has 7 nitrogen and oxygen atoms in total. The maximum atomic E-state index is 14.2. The summed E-state index contributed by atoms with van der Waals surface area (Å²) in [6.07, 6.45) is 5.46. The van der Waals surface area contributed by atoms with Gasteiger partial charge in [-0.2, -0.15) is 0 Å². The molecule has 9 heteroatoms. The van der Waals surface area contributed by atoms with Gasteiger partial charge < -0.3 is 30.3 Å². The number of carbonyl (C=O) groups excluding carboxylic acids is 1. The minimum Gasteiger partial charge on any atom is -0.493 e. The van der Waals surface area contributed by atoms with Crippen molar-refractivity contribution in [2.24, 2.45) is 0 Å². The summed E-state index contributed by atoms with van der Waals surface area (Å²) in [7, 11) is 0. The van der Waals surface area contributed by atoms with Crippen molar-refractivity contribution in [1.29, 1.82) is 0 Å². The first-order valence-corrected chi connectivity index (χ1v) is 18.1. The molecule has 3 N–H and O–H groups in total. The van der Waals surface area contributed by atoms with Crippen LogP contribution in [0.25, 0.3) is 11.1 Å². The zero-order chi connectivity index (χ0) is 33.7. The van der Waals surface area contributed by atoms with E-state index in [0.29, 0.717) is 50.6 Å². The fraction of sp³-hybridized carbons (Fsp3) is 0.513. The number of ether oxygens (including phenoxy) is 2. The fourth-order valence-corrected chi connectivity index (χ4v) is 7.56. The SMILES string of the molecule is CCOc1cc(NC2CCc3c(-c4cccc(OCCCN5CCC(C)(F)CC5)c4C)cccc32)c(Cl)cc1CN[C@H]1CCC(=O)NC1. The molecule has 2 fully saturated rings. The Morgan fingerprint density at radius 2 is 1.83 bits per heavy atom. The van der Waals surface area contributed by atoms with Crippen LogP contribution in [0.3, 0.4) is 0 Å². The summed E-state index contributed by atoms with van der Waals surface area (Å²) in [5.41, 5.74) is 7.12. The van der Waals surface area contributed by atoms with Gasteiger partial charge in [-0.25, -0.2) is 4.39 Å². The Morgan fingerprint density at radius 3 is 2.60 bits per heavy atom. The van der Waals surface area contributed by atoms with Gasteiger partial charge in [-0.15, -0.1) is 0 Å². The maximum absolute atomic E-state index is 14.2. The first kappa shape index (κ1) is 34.5. The molecule has 2 atom stereocenters. The average Bonchev–Trinajstić information content (AvgIpc) is 3.49. The first-order valence-electron chi connectivity index (χ1n) is 17.7. The third-order valence-corrected chi connectivity index (χ3v) is 10.6. The van der Waals surface area contributed by atoms with Crippen molar-refractivity contribution in [2.45, 2.75) is 90.0 Å². The molecule has 0 aromatic heterocycles. The van der Waals surface area contributed by atoms with Crippen LogP contribution < -0.4 is 25.4 Å². The lowest BCUT2D eigenvalue weighted by Crippen LogP contribution is -2.45. The van der Waals surface area contributed by atoms with Crippen molar-refractivity contribution in [3.05, 3.63) is 75.8 Å². The molecule has 0 radical (unpaired) electrons. The molecule has 1 amide bonds. The van der Waals surface area contributed by atoms with E-state index in [4.69, 9.17) is 21.1 Å². The summed E-state index contributed by atoms with van der Waals surface area (Å²) in [5, 5.41) is 10.9. The van der Waals surface area contributed by atoms with E-state index in [-0.39, 0.29) is 18.0 Å². The molecule has 2 saturated heterocycles. The smallest absolute Gasteiger partial charge is 0.220 e. The number of carbonyl (C=O) groups is 1. The summed E-state index contributed by atoms with van der Waals surface area (Å²) >= 11 is 6.89. The molecule has 0 saturated carbocycles. The molecular weight excluding hydrogens is 627 g/mol. The molecule has 6 rings (SSSR count). The van der Waals surface area contributed by atoms with Crippen LogP contribution in [0, 0.1) is 6.92 Å². The Hall–Kier alpha value is -3.33. The summed E-state index contributed by atoms with van der Waals surface area (Å²) in [6.45, 7) is 10.9. The van der Waals surface area contributed by atoms with Gasteiger partial charge in [0.2, 0.25) is 5.91 Å². The number of amides is 1. The number of piperidine rings is 2. The molecule has 3 aliphatic rings. The number of alkyl halides is 1. The summed E-state index contributed by atoms with van der Waals surface area (Å²) in [5.74, 6) is 1.85. The molecule has 3 aromatic carbocycles. The van der Waals surface area contributed by atoms with E-state index < -0.39 is 5.67 Å². The second-order valence-corrected chi connectivity index (χ2v) is 14.2. The number of halogens is 2. The second-order valence-electron chi connectivity index (χ2n) is 13.8. The average molecular weight is 677 g/mol. The number of rotatable bonds is 13. The van der Waals surface area contributed by atoms with Crippen molar-refractivity contribution in [2.75, 3.05) is 44.7 Å². The van der Waals surface area contributed by atoms with Crippen LogP contribution in [0.4, 0.5) is 10.1 Å². The van der Waals surface area contributed by atoms with Crippen LogP contribution in [-0.4, -0.2) is 61.9 Å². The molecule has 258 valence electrons. The second kappa shape index (κ2) is 15.5. The van der Waals surface area contributed by atoms with E-state index >= 15 is 0 Å². The Bertz CT molecular complexity index is 1580. The Morgan fingerprint density at radius 1 is 1.04 bits per heavy atom. The van der Waals surface area contributed by atoms with E-state index in [1.54, 1.807) is 6.92 Å². The first-order chi connectivity index (χ1) is 23.2. The number of nitrogens with zero attached hydrogens (tertiary/aromatic N) is 1. The van der Waals surface area contributed by atoms with Crippen molar-refractivity contribution < 1.29 is 18.7 Å². The number of hydrogen-bond acceptors (Lipinski definition) is 6. The van der Waals surface area contributed by atoms with Crippen LogP contribution >= 0.6 is 11.6 Å². The number of fused-ring (bicyclic) bond motifs is 1. The highest BCUT2D eigenvalue weighted by Gasteiger charge is 2.29. The van der Waals surface area contributed by atoms with Gasteiger partial charge in [0, 0.05) is 56.8 Å². The van der Waals surface area contributed by atoms with E-state index in [9.17, 15) is 9.18 Å². The lowest BCUT2D eigenvalue weighted by Gasteiger charge is -2.34. The fourth-order valence-electron chi connectivity index (χ4n) is 7.31. The molecular formula is C39H50ClFN4O3. The molecule has 48 heavy (non-hydrogen) atoms. The Labute approximate surface area is 289 Å². The molecule has 0 bridgehead atoms. The molecule has 2 aliphatic heterocycles. The normalized spacial score (nSPS) is 20.6. The van der Waals surface area contributed by atoms with E-state index in [1.807, 2.05) is 19.1 Å². The zero-order valence-corrected chi connectivity index (χ0v) is 29.4. The zero-order valence-electron chi connectivity index (χ0n) is 28.6. The van der Waals surface area contributed by atoms with Gasteiger partial charge in [0.25, 0.3) is 0 Å². The van der Waals surface area contributed by atoms with Gasteiger partial charge in [0.1, 0.15) is 17.2 Å². The minimum absolute atomic E-state index is 0.115. The van der Waals surface area contributed by atoms with E-state index in [0.717, 1.165) is 73.6 Å². The van der Waals surface area contributed by atoms with E-state index in [1.165, 1.54) is 22.3 Å². The van der Waals surface area contributed by atoms with Crippen LogP contribution in [0.5, 0.6) is 11.5 Å². The lowest BCUT2D eigenvalue weighted by atomic mass is 9.93. The van der Waals surface area contributed by atoms with Crippen LogP contribution in [0.15, 0.2) is 48.5 Å². The van der Waals surface area contributed by atoms with Crippen molar-refractivity contribution in [1.82, 2.24) is 15.5 Å². The standard InChI is InChI=1S/C39H50ClFN4O3/c1-4-47-37-23-35(33(40)22-27(37)24-42-28-12-15-38(46)43-25-28)44-34-14-13-31-30(9-5-10-32(31)34)29-8-6-11-36(26(29)2)48-21-7-18-45-19-16-39(3,41)17-20-45/h5-6,8-11,22-23,28,34,42,44H,4,7,12-21,24-25H2,1-3H3,(H,43,46)/t28-,34?/m0/s1. The van der Waals surface area contributed by atoms with E-state index in [2.05, 4.69) is 64.2 Å². The number of nitrogens with one attached hydrogen (secondary N) is 3. The van der Waals surface area contributed by atoms with Gasteiger partial charge in [-0.3, -0.25) is 4.79 Å². The lowest BCUT2D eigenvalue weighted by molar-refractivity contribution is -0.122. The van der Waals surface area contributed by atoms with Crippen molar-refractivity contribution >= 4 is 23.2 Å². The highest BCUT2D eigenvalue weighted by atomic mass is 35.5. The third-order valence-electron chi connectivity index (χ3n) is 10.2. The van der Waals surface area contributed by atoms with Crippen LogP contribution in [0.2, 0.25) is 5.02 Å². The maximum Gasteiger partial charge on any atom is 0.220 e. The molecule has 3 aromatic rings. The predicted molar refractivity (Wildman–Crippen MR) is 192 cm³/mol. The predicted octanol–water partition coefficient (Wildman–Crippen LogP) is 7.77. The topological polar surface area (TPSA) is 74.9 Å². The van der Waals surface area contributed by atoms with Crippen LogP contribution in [-0.2, 0) is 17.8 Å². The summed E-state index contributed by atoms with van der Waals surface area (Å²) in [6, 6.07) is 17.3. The van der Waals surface area contributed by atoms with Gasteiger partial charge in [0.05, 0.1) is 30.0 Å². The minimum atomic E-state index is -1.01. The number of likely N-dealkylation sites (tertiary alicyclic amines) is 1. The van der Waals surface area contributed by atoms with Crippen LogP contribution in [0.1, 0.15) is 80.7 Å². The molecule has 1 unspecified atom stereocenters. The van der Waals surface area contributed by atoms with Crippen molar-refractivity contribution in [3.8, 4) is 22.6 Å². The number of hydrogen-bond donors (Lipinski definition) is 3. The Balaban J connectivity index is 1.11. The number of benzene rings is 3. The monoisotopic (exact) mass is 676 g/mol. The quantitative estimate of drug-likeness (QED) is 0.161. The van der Waals surface area contributed by atoms with Gasteiger partial charge in [0.15, 0.2) is 0 Å². The molecule has 2 heterocycles. The van der Waals surface area contributed by atoms with Crippen molar-refractivity contribution in [3.63, 3.8) is 0 Å². The largest absolute Gasteiger partial charge is 0.493 e. The highest BCUT2D eigenvalue weighted by molar-refractivity contribution is 6.33. The molecule has 1 aliphatic carbocycles. The Kier molecular flexibility index (Phi) is 11.1. The van der Waals surface area contributed by atoms with Gasteiger partial charge >= 0.3 is 0 Å². The molecule has 0 spiro atoms.